The van der Waals surface area contributed by atoms with Gasteiger partial charge in [-0.2, -0.15) is 15.0 Å². The molecule has 1 aromatic heterocycles. The van der Waals surface area contributed by atoms with Gasteiger partial charge in [-0.05, 0) is 24.2 Å². The quantitative estimate of drug-likeness (QED) is 0.750. The largest absolute Gasteiger partial charge is 0.311 e. The van der Waals surface area contributed by atoms with Crippen LogP contribution in [0.15, 0.2) is 54.6 Å². The van der Waals surface area contributed by atoms with Crippen molar-refractivity contribution in [2.45, 2.75) is 20.0 Å². The van der Waals surface area contributed by atoms with Crippen LogP contribution in [0.5, 0.6) is 0 Å². The first kappa shape index (κ1) is 15.7. The Morgan fingerprint density at radius 3 is 2.61 bits per heavy atom. The van der Waals surface area contributed by atoms with Crippen molar-refractivity contribution in [3.63, 3.8) is 0 Å². The molecule has 0 radical (unpaired) electrons. The lowest BCUT2D eigenvalue weighted by Crippen LogP contribution is -2.13. The number of rotatable bonds is 6. The Hall–Kier alpha value is -2.17. The maximum absolute atomic E-state index is 6.05. The van der Waals surface area contributed by atoms with Gasteiger partial charge in [0.1, 0.15) is 11.4 Å². The summed E-state index contributed by atoms with van der Waals surface area (Å²) in [5.74, 6) is 0. The predicted molar refractivity (Wildman–Crippen MR) is 93.4 cm³/mol. The fraction of sp³-hybridized carbons (Fsp3) is 0.222. The van der Waals surface area contributed by atoms with Gasteiger partial charge < -0.3 is 5.32 Å². The second-order valence-corrected chi connectivity index (χ2v) is 5.74. The van der Waals surface area contributed by atoms with E-state index in [0.29, 0.717) is 13.1 Å². The monoisotopic (exact) mass is 326 g/mol. The second kappa shape index (κ2) is 7.40. The predicted octanol–water partition coefficient (Wildman–Crippen LogP) is 3.76. The van der Waals surface area contributed by atoms with E-state index in [1.165, 1.54) is 0 Å². The van der Waals surface area contributed by atoms with Crippen LogP contribution in [0.1, 0.15) is 18.2 Å². The maximum atomic E-state index is 6.05. The molecule has 0 saturated carbocycles. The van der Waals surface area contributed by atoms with E-state index in [1.54, 1.807) is 4.80 Å². The molecule has 23 heavy (non-hydrogen) atoms. The number of hydrogen-bond acceptors (Lipinski definition) is 3. The fourth-order valence-electron chi connectivity index (χ4n) is 2.43. The van der Waals surface area contributed by atoms with Gasteiger partial charge in [0.2, 0.25) is 0 Å². The first-order valence-corrected chi connectivity index (χ1v) is 8.08. The molecule has 0 spiro atoms. The Morgan fingerprint density at radius 2 is 1.87 bits per heavy atom. The number of halogens is 1. The molecular weight excluding hydrogens is 308 g/mol. The van der Waals surface area contributed by atoms with Crippen molar-refractivity contribution < 1.29 is 0 Å². The summed E-state index contributed by atoms with van der Waals surface area (Å²) >= 11 is 6.05. The van der Waals surface area contributed by atoms with Crippen molar-refractivity contribution in [2.75, 3.05) is 6.54 Å². The first-order valence-electron chi connectivity index (χ1n) is 7.71. The molecule has 1 heterocycles. The van der Waals surface area contributed by atoms with E-state index in [9.17, 15) is 0 Å². The van der Waals surface area contributed by atoms with E-state index >= 15 is 0 Å². The van der Waals surface area contributed by atoms with Gasteiger partial charge in [-0.25, -0.2) is 0 Å². The van der Waals surface area contributed by atoms with Gasteiger partial charge >= 0.3 is 0 Å². The minimum atomic E-state index is 0.604. The average molecular weight is 327 g/mol. The topological polar surface area (TPSA) is 42.7 Å². The highest BCUT2D eigenvalue weighted by Crippen LogP contribution is 2.20. The van der Waals surface area contributed by atoms with Crippen LogP contribution >= 0.6 is 11.6 Å². The molecule has 3 rings (SSSR count). The number of hydrogen-bond donors (Lipinski definition) is 1. The van der Waals surface area contributed by atoms with Crippen molar-refractivity contribution in [1.82, 2.24) is 20.3 Å². The van der Waals surface area contributed by atoms with Crippen molar-refractivity contribution in [2.24, 2.45) is 0 Å². The molecule has 1 N–H and O–H groups in total. The number of aromatic nitrogens is 3. The van der Waals surface area contributed by atoms with Crippen LogP contribution in [0.4, 0.5) is 0 Å². The normalized spacial score (nSPS) is 10.9. The molecule has 0 aliphatic carbocycles. The Balaban J connectivity index is 1.91. The Kier molecular flexibility index (Phi) is 5.05. The zero-order valence-electron chi connectivity index (χ0n) is 13.0. The first-order chi connectivity index (χ1) is 11.3. The van der Waals surface area contributed by atoms with Crippen molar-refractivity contribution in [3.05, 3.63) is 70.9 Å². The third-order valence-electron chi connectivity index (χ3n) is 3.53. The molecule has 0 aliphatic rings. The summed E-state index contributed by atoms with van der Waals surface area (Å²) in [6.45, 7) is 4.29. The summed E-state index contributed by atoms with van der Waals surface area (Å²) in [5.41, 5.74) is 4.05. The van der Waals surface area contributed by atoms with Crippen LogP contribution in [-0.4, -0.2) is 21.5 Å². The number of benzene rings is 2. The van der Waals surface area contributed by atoms with Crippen LogP contribution < -0.4 is 5.32 Å². The lowest BCUT2D eigenvalue weighted by molar-refractivity contribution is 0.579. The van der Waals surface area contributed by atoms with E-state index in [-0.39, 0.29) is 0 Å². The fourth-order valence-corrected chi connectivity index (χ4v) is 2.65. The molecule has 0 fully saturated rings. The third-order valence-corrected chi connectivity index (χ3v) is 3.76. The van der Waals surface area contributed by atoms with Crippen molar-refractivity contribution in [1.29, 1.82) is 0 Å². The van der Waals surface area contributed by atoms with Gasteiger partial charge in [0, 0.05) is 17.1 Å². The van der Waals surface area contributed by atoms with E-state index in [1.807, 2.05) is 42.5 Å². The van der Waals surface area contributed by atoms with Crippen LogP contribution in [0.3, 0.4) is 0 Å². The van der Waals surface area contributed by atoms with E-state index in [4.69, 9.17) is 11.6 Å². The molecule has 2 aromatic carbocycles. The minimum absolute atomic E-state index is 0.604. The zero-order valence-corrected chi connectivity index (χ0v) is 13.8. The Bertz CT molecular complexity index is 768. The van der Waals surface area contributed by atoms with E-state index < -0.39 is 0 Å². The van der Waals surface area contributed by atoms with Crippen LogP contribution in [0, 0.1) is 0 Å². The molecule has 4 nitrogen and oxygen atoms in total. The van der Waals surface area contributed by atoms with Gasteiger partial charge in [-0.1, -0.05) is 61.0 Å². The lowest BCUT2D eigenvalue weighted by atomic mass is 10.1. The van der Waals surface area contributed by atoms with Crippen LogP contribution in [0.2, 0.25) is 5.02 Å². The summed E-state index contributed by atoms with van der Waals surface area (Å²) in [4.78, 5) is 1.74. The van der Waals surface area contributed by atoms with Gasteiger partial charge in [0.25, 0.3) is 0 Å². The van der Waals surface area contributed by atoms with Gasteiger partial charge in [0.05, 0.1) is 6.54 Å². The summed E-state index contributed by atoms with van der Waals surface area (Å²) in [6, 6.07) is 17.9. The average Bonchev–Trinajstić information content (AvgIpc) is 2.96. The Labute approximate surface area is 141 Å². The number of nitrogens with one attached hydrogen (secondary N) is 1. The maximum Gasteiger partial charge on any atom is 0.117 e. The highest BCUT2D eigenvalue weighted by atomic mass is 35.5. The Morgan fingerprint density at radius 1 is 1.04 bits per heavy atom. The molecule has 0 bridgehead atoms. The standard InChI is InChI=1S/C18H19ClN4/c1-2-20-12-17-18(15-8-4-3-5-9-15)22-23(21-17)13-14-7-6-10-16(19)11-14/h3-11,20H,2,12-13H2,1H3. The van der Waals surface area contributed by atoms with Crippen LogP contribution in [-0.2, 0) is 13.1 Å². The molecule has 0 amide bonds. The summed E-state index contributed by atoms with van der Waals surface area (Å²) in [5, 5.41) is 13.4. The summed E-state index contributed by atoms with van der Waals surface area (Å²) < 4.78 is 0. The van der Waals surface area contributed by atoms with Crippen molar-refractivity contribution >= 4 is 11.6 Å². The van der Waals surface area contributed by atoms with Gasteiger partial charge in [0.15, 0.2) is 0 Å². The highest BCUT2D eigenvalue weighted by Gasteiger charge is 2.12. The molecule has 0 unspecified atom stereocenters. The lowest BCUT2D eigenvalue weighted by Gasteiger charge is -2.00. The van der Waals surface area contributed by atoms with Crippen molar-refractivity contribution in [3.8, 4) is 11.3 Å². The van der Waals surface area contributed by atoms with Gasteiger partial charge in [-0.15, -0.1) is 0 Å². The molecule has 3 aromatic rings. The third kappa shape index (κ3) is 3.97. The van der Waals surface area contributed by atoms with E-state index in [2.05, 4.69) is 34.6 Å². The molecular formula is C18H19ClN4. The smallest absolute Gasteiger partial charge is 0.117 e. The molecule has 5 heteroatoms. The highest BCUT2D eigenvalue weighted by molar-refractivity contribution is 6.30. The molecule has 0 atom stereocenters. The second-order valence-electron chi connectivity index (χ2n) is 5.30. The molecule has 0 aliphatic heterocycles. The summed E-state index contributed by atoms with van der Waals surface area (Å²) in [7, 11) is 0. The summed E-state index contributed by atoms with van der Waals surface area (Å²) in [6.07, 6.45) is 0. The molecule has 118 valence electrons. The minimum Gasteiger partial charge on any atom is -0.311 e. The number of nitrogens with zero attached hydrogens (tertiary/aromatic N) is 3. The van der Waals surface area contributed by atoms with Crippen LogP contribution in [0.25, 0.3) is 11.3 Å². The zero-order chi connectivity index (χ0) is 16.1. The SMILES string of the molecule is CCNCc1nn(Cc2cccc(Cl)c2)nc1-c1ccccc1. The van der Waals surface area contributed by atoms with E-state index in [0.717, 1.165) is 34.1 Å². The molecule has 0 saturated heterocycles. The van der Waals surface area contributed by atoms with Gasteiger partial charge in [-0.3, -0.25) is 0 Å².